The molecule has 2 aromatic carbocycles. The van der Waals surface area contributed by atoms with Crippen LogP contribution in [0.2, 0.25) is 0 Å². The van der Waals surface area contributed by atoms with Gasteiger partial charge in [0.15, 0.2) is 11.6 Å². The van der Waals surface area contributed by atoms with Crippen molar-refractivity contribution in [3.8, 4) is 5.75 Å². The van der Waals surface area contributed by atoms with Crippen LogP contribution >= 0.6 is 0 Å². The molecule has 150 valence electrons. The lowest BCUT2D eigenvalue weighted by Gasteiger charge is -2.38. The van der Waals surface area contributed by atoms with Crippen LogP contribution in [0.25, 0.3) is 0 Å². The highest BCUT2D eigenvalue weighted by Crippen LogP contribution is 2.27. The summed E-state index contributed by atoms with van der Waals surface area (Å²) in [7, 11) is 1.61. The number of rotatable bonds is 6. The summed E-state index contributed by atoms with van der Waals surface area (Å²) in [5, 5.41) is 0. The normalized spacial score (nSPS) is 15.4. The van der Waals surface area contributed by atoms with Crippen molar-refractivity contribution in [3.63, 3.8) is 0 Å². The molecule has 3 rings (SSSR count). The Morgan fingerprint density at radius 1 is 1.14 bits per heavy atom. The van der Waals surface area contributed by atoms with Crippen molar-refractivity contribution in [2.45, 2.75) is 38.8 Å². The van der Waals surface area contributed by atoms with Crippen molar-refractivity contribution in [1.29, 1.82) is 0 Å². The molecule has 1 fully saturated rings. The topological polar surface area (TPSA) is 32.8 Å². The zero-order valence-corrected chi connectivity index (χ0v) is 16.3. The highest BCUT2D eigenvalue weighted by atomic mass is 19.2. The molecule has 0 bridgehead atoms. The zero-order valence-electron chi connectivity index (χ0n) is 16.3. The molecular weight excluding hydrogens is 362 g/mol. The third kappa shape index (κ3) is 4.50. The number of halogens is 2. The van der Waals surface area contributed by atoms with E-state index in [1.54, 1.807) is 13.2 Å². The summed E-state index contributed by atoms with van der Waals surface area (Å²) in [4.78, 5) is 16.6. The molecule has 1 aliphatic heterocycles. The van der Waals surface area contributed by atoms with E-state index in [9.17, 15) is 13.6 Å². The van der Waals surface area contributed by atoms with Gasteiger partial charge in [-0.1, -0.05) is 19.1 Å². The van der Waals surface area contributed by atoms with Crippen molar-refractivity contribution in [2.75, 3.05) is 25.1 Å². The molecule has 0 aliphatic carbocycles. The highest BCUT2D eigenvalue weighted by Gasteiger charge is 2.28. The van der Waals surface area contributed by atoms with E-state index in [1.807, 2.05) is 36.1 Å². The van der Waals surface area contributed by atoms with Crippen LogP contribution in [-0.2, 0) is 11.3 Å². The SMILES string of the molecule is CCC(=O)N(c1ccc(OC)cc1)C1CCN(Cc2cccc(F)c2F)CC1. The smallest absolute Gasteiger partial charge is 0.226 e. The standard InChI is InChI=1S/C22H26F2N2O2/c1-3-21(27)26(17-7-9-19(28-2)10-8-17)18-11-13-25(14-12-18)15-16-5-4-6-20(23)22(16)24/h4-10,18H,3,11-15H2,1-2H3. The largest absolute Gasteiger partial charge is 0.497 e. The summed E-state index contributed by atoms with van der Waals surface area (Å²) in [6.45, 7) is 3.69. The average molecular weight is 388 g/mol. The van der Waals surface area contributed by atoms with Gasteiger partial charge in [-0.05, 0) is 43.2 Å². The fraction of sp³-hybridized carbons (Fsp3) is 0.409. The van der Waals surface area contributed by atoms with Gasteiger partial charge in [-0.25, -0.2) is 8.78 Å². The van der Waals surface area contributed by atoms with Crippen molar-refractivity contribution in [3.05, 3.63) is 59.7 Å². The van der Waals surface area contributed by atoms with Gasteiger partial charge in [0.05, 0.1) is 7.11 Å². The summed E-state index contributed by atoms with van der Waals surface area (Å²) in [6, 6.07) is 11.9. The van der Waals surface area contributed by atoms with E-state index in [0.717, 1.165) is 43.4 Å². The summed E-state index contributed by atoms with van der Waals surface area (Å²) in [5.41, 5.74) is 1.23. The Balaban J connectivity index is 1.68. The summed E-state index contributed by atoms with van der Waals surface area (Å²) >= 11 is 0. The van der Waals surface area contributed by atoms with Crippen molar-refractivity contribution >= 4 is 11.6 Å². The van der Waals surface area contributed by atoms with E-state index in [4.69, 9.17) is 4.74 Å². The predicted octanol–water partition coefficient (Wildman–Crippen LogP) is 4.38. The second kappa shape index (κ2) is 9.15. The first-order chi connectivity index (χ1) is 13.5. The summed E-state index contributed by atoms with van der Waals surface area (Å²) in [6.07, 6.45) is 2.00. The number of piperidine rings is 1. The number of methoxy groups -OCH3 is 1. The molecule has 0 spiro atoms. The number of nitrogens with zero attached hydrogens (tertiary/aromatic N) is 2. The monoisotopic (exact) mass is 388 g/mol. The van der Waals surface area contributed by atoms with E-state index in [2.05, 4.69) is 4.90 Å². The van der Waals surface area contributed by atoms with Gasteiger partial charge in [-0.2, -0.15) is 0 Å². The Bertz CT molecular complexity index is 803. The van der Waals surface area contributed by atoms with Crippen LogP contribution in [0, 0.1) is 11.6 Å². The highest BCUT2D eigenvalue weighted by molar-refractivity contribution is 5.93. The van der Waals surface area contributed by atoms with Crippen molar-refractivity contribution < 1.29 is 18.3 Å². The quantitative estimate of drug-likeness (QED) is 0.736. The van der Waals surface area contributed by atoms with Crippen LogP contribution in [0.15, 0.2) is 42.5 Å². The van der Waals surface area contributed by atoms with Crippen LogP contribution in [0.1, 0.15) is 31.7 Å². The number of hydrogen-bond acceptors (Lipinski definition) is 3. The summed E-state index contributed by atoms with van der Waals surface area (Å²) in [5.74, 6) is -0.753. The zero-order chi connectivity index (χ0) is 20.1. The third-order valence-electron chi connectivity index (χ3n) is 5.27. The number of likely N-dealkylation sites (tertiary alicyclic amines) is 1. The van der Waals surface area contributed by atoms with E-state index < -0.39 is 11.6 Å². The second-order valence-electron chi connectivity index (χ2n) is 7.04. The molecule has 6 heteroatoms. The third-order valence-corrected chi connectivity index (χ3v) is 5.27. The number of ether oxygens (including phenoxy) is 1. The van der Waals surface area contributed by atoms with Crippen molar-refractivity contribution in [2.24, 2.45) is 0 Å². The molecule has 0 saturated carbocycles. The van der Waals surface area contributed by atoms with Gasteiger partial charge in [0.1, 0.15) is 5.75 Å². The molecule has 0 atom stereocenters. The maximum atomic E-state index is 13.9. The van der Waals surface area contributed by atoms with Crippen LogP contribution < -0.4 is 9.64 Å². The van der Waals surface area contributed by atoms with Gasteiger partial charge in [0, 0.05) is 43.3 Å². The molecule has 0 N–H and O–H groups in total. The molecule has 1 amide bonds. The molecule has 1 aliphatic rings. The minimum atomic E-state index is -0.813. The van der Waals surface area contributed by atoms with Crippen LogP contribution in [0.5, 0.6) is 5.75 Å². The number of benzene rings is 2. The van der Waals surface area contributed by atoms with Gasteiger partial charge in [0.25, 0.3) is 0 Å². The van der Waals surface area contributed by atoms with Gasteiger partial charge in [-0.15, -0.1) is 0 Å². The fourth-order valence-corrected chi connectivity index (χ4v) is 3.72. The minimum absolute atomic E-state index is 0.0831. The first-order valence-electron chi connectivity index (χ1n) is 9.64. The van der Waals surface area contributed by atoms with Gasteiger partial charge >= 0.3 is 0 Å². The van der Waals surface area contributed by atoms with Gasteiger partial charge < -0.3 is 9.64 Å². The Labute approximate surface area is 164 Å². The molecule has 1 saturated heterocycles. The minimum Gasteiger partial charge on any atom is -0.497 e. The van der Waals surface area contributed by atoms with Crippen LogP contribution in [0.4, 0.5) is 14.5 Å². The van der Waals surface area contributed by atoms with Crippen LogP contribution in [-0.4, -0.2) is 37.0 Å². The number of hydrogen-bond donors (Lipinski definition) is 0. The number of amides is 1. The predicted molar refractivity (Wildman–Crippen MR) is 105 cm³/mol. The van der Waals surface area contributed by atoms with E-state index in [1.165, 1.54) is 6.07 Å². The van der Waals surface area contributed by atoms with E-state index in [0.29, 0.717) is 18.5 Å². The van der Waals surface area contributed by atoms with Crippen LogP contribution in [0.3, 0.4) is 0 Å². The van der Waals surface area contributed by atoms with Crippen molar-refractivity contribution in [1.82, 2.24) is 4.90 Å². The number of carbonyl (C=O) groups is 1. The number of anilines is 1. The summed E-state index contributed by atoms with van der Waals surface area (Å²) < 4.78 is 32.6. The lowest BCUT2D eigenvalue weighted by molar-refractivity contribution is -0.119. The average Bonchev–Trinajstić information content (AvgIpc) is 2.73. The Hall–Kier alpha value is -2.47. The maximum absolute atomic E-state index is 13.9. The molecule has 0 radical (unpaired) electrons. The fourth-order valence-electron chi connectivity index (χ4n) is 3.72. The van der Waals surface area contributed by atoms with Gasteiger partial charge in [-0.3, -0.25) is 9.69 Å². The van der Waals surface area contributed by atoms with E-state index in [-0.39, 0.29) is 11.9 Å². The molecule has 0 unspecified atom stereocenters. The molecule has 0 aromatic heterocycles. The van der Waals surface area contributed by atoms with E-state index >= 15 is 0 Å². The maximum Gasteiger partial charge on any atom is 0.226 e. The first kappa shape index (κ1) is 20.3. The molecule has 2 aromatic rings. The van der Waals surface area contributed by atoms with Gasteiger partial charge in [0.2, 0.25) is 5.91 Å². The molecule has 4 nitrogen and oxygen atoms in total. The Morgan fingerprint density at radius 3 is 2.43 bits per heavy atom. The lowest BCUT2D eigenvalue weighted by Crippen LogP contribution is -2.47. The molecule has 28 heavy (non-hydrogen) atoms. The Morgan fingerprint density at radius 2 is 1.82 bits per heavy atom. The molecule has 1 heterocycles. The second-order valence-corrected chi connectivity index (χ2v) is 7.04. The number of carbonyl (C=O) groups excluding carboxylic acids is 1. The first-order valence-corrected chi connectivity index (χ1v) is 9.64. The lowest BCUT2D eigenvalue weighted by atomic mass is 10.0. The Kier molecular flexibility index (Phi) is 6.62. The molecular formula is C22H26F2N2O2.